The summed E-state index contributed by atoms with van der Waals surface area (Å²) in [5, 5.41) is 6.96. The normalized spacial score (nSPS) is 12.2. The third-order valence-electron chi connectivity index (χ3n) is 3.33. The zero-order valence-electron chi connectivity index (χ0n) is 13.2. The average molecular weight is 360 g/mol. The second-order valence-corrected chi connectivity index (χ2v) is 5.59. The summed E-state index contributed by atoms with van der Waals surface area (Å²) in [6.07, 6.45) is 1.42. The molecule has 3 rings (SSSR count). The Bertz CT molecular complexity index is 850. The van der Waals surface area contributed by atoms with E-state index in [9.17, 15) is 9.59 Å². The van der Waals surface area contributed by atoms with E-state index in [2.05, 4.69) is 15.8 Å². The summed E-state index contributed by atoms with van der Waals surface area (Å²) >= 11 is 6.13. The van der Waals surface area contributed by atoms with Crippen molar-refractivity contribution >= 4 is 35.3 Å². The molecule has 0 unspecified atom stereocenters. The third-order valence-corrected chi connectivity index (χ3v) is 3.66. The minimum Gasteiger partial charge on any atom is -0.454 e. The second-order valence-electron chi connectivity index (χ2n) is 5.18. The molecule has 0 fully saturated rings. The van der Waals surface area contributed by atoms with Gasteiger partial charge in [-0.2, -0.15) is 5.10 Å². The van der Waals surface area contributed by atoms with Crippen molar-refractivity contribution < 1.29 is 19.1 Å². The molecular formula is C17H14ClN3O4. The highest BCUT2D eigenvalue weighted by molar-refractivity contribution is 6.33. The van der Waals surface area contributed by atoms with Crippen LogP contribution in [0.25, 0.3) is 0 Å². The van der Waals surface area contributed by atoms with Crippen LogP contribution in [0.5, 0.6) is 11.5 Å². The van der Waals surface area contributed by atoms with E-state index in [1.54, 1.807) is 36.4 Å². The number of hydrazone groups is 1. The molecular weight excluding hydrogens is 346 g/mol. The Hall–Kier alpha value is -3.06. The van der Waals surface area contributed by atoms with Crippen LogP contribution in [-0.4, -0.2) is 24.8 Å². The molecule has 25 heavy (non-hydrogen) atoms. The van der Waals surface area contributed by atoms with Crippen LogP contribution in [0.4, 0.5) is 5.69 Å². The van der Waals surface area contributed by atoms with Gasteiger partial charge in [-0.15, -0.1) is 0 Å². The molecule has 0 radical (unpaired) electrons. The number of hydrogen-bond acceptors (Lipinski definition) is 5. The Morgan fingerprint density at radius 1 is 1.16 bits per heavy atom. The first-order valence-electron chi connectivity index (χ1n) is 7.33. The van der Waals surface area contributed by atoms with E-state index in [-0.39, 0.29) is 18.6 Å². The number of benzene rings is 2. The molecule has 1 aliphatic rings. The van der Waals surface area contributed by atoms with E-state index in [0.717, 1.165) is 0 Å². The first-order valence-corrected chi connectivity index (χ1v) is 7.71. The fourth-order valence-electron chi connectivity index (χ4n) is 2.17. The van der Waals surface area contributed by atoms with Gasteiger partial charge in [0.2, 0.25) is 12.7 Å². The standard InChI is InChI=1S/C17H14ClN3O4/c1-10(22)20-13-4-2-11(3-5-13)17(23)21-19-8-12-6-15-16(7-14(12)18)25-9-24-15/h2-8H,9H2,1H3,(H,20,22)(H,21,23). The number of fused-ring (bicyclic) bond motifs is 1. The molecule has 8 heteroatoms. The first-order chi connectivity index (χ1) is 12.0. The van der Waals surface area contributed by atoms with Crippen LogP contribution in [0, 0.1) is 0 Å². The summed E-state index contributed by atoms with van der Waals surface area (Å²) in [6.45, 7) is 1.56. The van der Waals surface area contributed by atoms with Crippen LogP contribution < -0.4 is 20.2 Å². The average Bonchev–Trinajstić information content (AvgIpc) is 3.02. The lowest BCUT2D eigenvalue weighted by Crippen LogP contribution is -2.17. The van der Waals surface area contributed by atoms with Crippen molar-refractivity contribution in [2.45, 2.75) is 6.92 Å². The Kier molecular flexibility index (Phi) is 4.85. The van der Waals surface area contributed by atoms with E-state index in [0.29, 0.717) is 33.3 Å². The molecule has 1 aliphatic heterocycles. The fraction of sp³-hybridized carbons (Fsp3) is 0.118. The molecule has 2 amide bonds. The quantitative estimate of drug-likeness (QED) is 0.649. The predicted octanol–water partition coefficient (Wildman–Crippen LogP) is 2.79. The number of halogens is 1. The van der Waals surface area contributed by atoms with Gasteiger partial charge in [-0.25, -0.2) is 5.43 Å². The van der Waals surface area contributed by atoms with Gasteiger partial charge in [0.15, 0.2) is 11.5 Å². The molecule has 0 spiro atoms. The number of nitrogens with one attached hydrogen (secondary N) is 2. The van der Waals surface area contributed by atoms with Crippen LogP contribution in [0.3, 0.4) is 0 Å². The summed E-state index contributed by atoms with van der Waals surface area (Å²) in [5.74, 6) is 0.584. The van der Waals surface area contributed by atoms with E-state index in [1.165, 1.54) is 13.1 Å². The van der Waals surface area contributed by atoms with E-state index >= 15 is 0 Å². The van der Waals surface area contributed by atoms with Gasteiger partial charge in [0.1, 0.15) is 0 Å². The molecule has 1 heterocycles. The summed E-state index contributed by atoms with van der Waals surface area (Å²) in [5.41, 5.74) is 4.02. The predicted molar refractivity (Wildman–Crippen MR) is 93.4 cm³/mol. The smallest absolute Gasteiger partial charge is 0.271 e. The Balaban J connectivity index is 1.64. The number of carbonyl (C=O) groups is 2. The Morgan fingerprint density at radius 3 is 2.52 bits per heavy atom. The number of rotatable bonds is 4. The lowest BCUT2D eigenvalue weighted by Gasteiger charge is -2.04. The molecule has 128 valence electrons. The molecule has 0 saturated carbocycles. The fourth-order valence-corrected chi connectivity index (χ4v) is 2.37. The van der Waals surface area contributed by atoms with Gasteiger partial charge in [-0.1, -0.05) is 11.6 Å². The maximum atomic E-state index is 12.1. The number of ether oxygens (including phenoxy) is 2. The van der Waals surface area contributed by atoms with Gasteiger partial charge in [0.05, 0.1) is 11.2 Å². The van der Waals surface area contributed by atoms with Gasteiger partial charge in [-0.05, 0) is 30.3 Å². The van der Waals surface area contributed by atoms with Gasteiger partial charge in [0, 0.05) is 29.8 Å². The zero-order valence-corrected chi connectivity index (χ0v) is 14.0. The minimum absolute atomic E-state index is 0.150. The van der Waals surface area contributed by atoms with Gasteiger partial charge in [-0.3, -0.25) is 9.59 Å². The largest absolute Gasteiger partial charge is 0.454 e. The Morgan fingerprint density at radius 2 is 1.84 bits per heavy atom. The molecule has 7 nitrogen and oxygen atoms in total. The van der Waals surface area contributed by atoms with Crippen molar-refractivity contribution in [1.82, 2.24) is 5.43 Å². The lowest BCUT2D eigenvalue weighted by atomic mass is 10.2. The number of anilines is 1. The van der Waals surface area contributed by atoms with Crippen LogP contribution in [-0.2, 0) is 4.79 Å². The van der Waals surface area contributed by atoms with Crippen LogP contribution in [0.15, 0.2) is 41.5 Å². The second kappa shape index (κ2) is 7.23. The molecule has 0 saturated heterocycles. The van der Waals surface area contributed by atoms with Crippen molar-refractivity contribution in [3.63, 3.8) is 0 Å². The van der Waals surface area contributed by atoms with Crippen molar-refractivity contribution in [2.75, 3.05) is 12.1 Å². The summed E-state index contributed by atoms with van der Waals surface area (Å²) in [7, 11) is 0. The molecule has 0 aromatic heterocycles. The summed E-state index contributed by atoms with van der Waals surface area (Å²) in [4.78, 5) is 23.0. The SMILES string of the molecule is CC(=O)Nc1ccc(C(=O)NN=Cc2cc3c(cc2Cl)OCO3)cc1. The minimum atomic E-state index is -0.387. The van der Waals surface area contributed by atoms with Crippen molar-refractivity contribution in [3.8, 4) is 11.5 Å². The zero-order chi connectivity index (χ0) is 17.8. The van der Waals surface area contributed by atoms with Crippen LogP contribution >= 0.6 is 11.6 Å². The molecule has 0 atom stereocenters. The topological polar surface area (TPSA) is 89.0 Å². The third kappa shape index (κ3) is 4.07. The van der Waals surface area contributed by atoms with E-state index in [1.807, 2.05) is 0 Å². The number of amides is 2. The molecule has 0 aliphatic carbocycles. The maximum absolute atomic E-state index is 12.1. The van der Waals surface area contributed by atoms with Crippen molar-refractivity contribution in [1.29, 1.82) is 0 Å². The molecule has 2 aromatic carbocycles. The molecule has 2 N–H and O–H groups in total. The highest BCUT2D eigenvalue weighted by atomic mass is 35.5. The van der Waals surface area contributed by atoms with Crippen LogP contribution in [0.2, 0.25) is 5.02 Å². The monoisotopic (exact) mass is 359 g/mol. The van der Waals surface area contributed by atoms with Crippen molar-refractivity contribution in [3.05, 3.63) is 52.5 Å². The van der Waals surface area contributed by atoms with E-state index < -0.39 is 0 Å². The maximum Gasteiger partial charge on any atom is 0.271 e. The number of hydrogen-bond donors (Lipinski definition) is 2. The Labute approximate surface area is 148 Å². The molecule has 2 aromatic rings. The summed E-state index contributed by atoms with van der Waals surface area (Å²) in [6, 6.07) is 9.76. The highest BCUT2D eigenvalue weighted by Gasteiger charge is 2.15. The lowest BCUT2D eigenvalue weighted by molar-refractivity contribution is -0.114. The van der Waals surface area contributed by atoms with Gasteiger partial charge < -0.3 is 14.8 Å². The van der Waals surface area contributed by atoms with E-state index in [4.69, 9.17) is 21.1 Å². The van der Waals surface area contributed by atoms with Crippen LogP contribution in [0.1, 0.15) is 22.8 Å². The number of nitrogens with zero attached hydrogens (tertiary/aromatic N) is 1. The summed E-state index contributed by atoms with van der Waals surface area (Å²) < 4.78 is 10.5. The molecule has 0 bridgehead atoms. The van der Waals surface area contributed by atoms with Gasteiger partial charge >= 0.3 is 0 Å². The van der Waals surface area contributed by atoms with Crippen molar-refractivity contribution in [2.24, 2.45) is 5.10 Å². The number of carbonyl (C=O) groups excluding carboxylic acids is 2. The van der Waals surface area contributed by atoms with Gasteiger partial charge in [0.25, 0.3) is 5.91 Å². The highest BCUT2D eigenvalue weighted by Crippen LogP contribution is 2.36. The first kappa shape index (κ1) is 16.8.